The second-order valence-corrected chi connectivity index (χ2v) is 6.31. The van der Waals surface area contributed by atoms with E-state index in [1.807, 2.05) is 13.8 Å². The van der Waals surface area contributed by atoms with Crippen molar-refractivity contribution in [1.82, 2.24) is 24.4 Å². The lowest BCUT2D eigenvalue weighted by Gasteiger charge is -2.12. The number of fused-ring (bicyclic) bond motifs is 1. The molecule has 8 heteroatoms. The van der Waals surface area contributed by atoms with Gasteiger partial charge in [-0.3, -0.25) is 19.0 Å². The van der Waals surface area contributed by atoms with Crippen molar-refractivity contribution in [3.8, 4) is 0 Å². The molecule has 1 N–H and O–H groups in total. The number of aromatic nitrogens is 4. The fourth-order valence-corrected chi connectivity index (χ4v) is 2.87. The van der Waals surface area contributed by atoms with Crippen molar-refractivity contribution < 1.29 is 4.79 Å². The van der Waals surface area contributed by atoms with E-state index in [1.54, 1.807) is 23.6 Å². The molecule has 3 rings (SSSR count). The van der Waals surface area contributed by atoms with E-state index >= 15 is 0 Å². The van der Waals surface area contributed by atoms with Gasteiger partial charge in [0.2, 0.25) is 5.43 Å². The van der Waals surface area contributed by atoms with Crippen LogP contribution < -0.4 is 16.3 Å². The number of nitrogens with zero attached hydrogens (tertiary/aromatic N) is 4. The van der Waals surface area contributed by atoms with Crippen LogP contribution in [0.25, 0.3) is 11.0 Å². The van der Waals surface area contributed by atoms with E-state index in [4.69, 9.17) is 0 Å². The van der Waals surface area contributed by atoms with Gasteiger partial charge < -0.3 is 9.88 Å². The van der Waals surface area contributed by atoms with Crippen LogP contribution in [-0.2, 0) is 13.1 Å². The first-order valence-electron chi connectivity index (χ1n) is 8.72. The quantitative estimate of drug-likeness (QED) is 0.726. The highest BCUT2D eigenvalue weighted by molar-refractivity contribution is 5.96. The summed E-state index contributed by atoms with van der Waals surface area (Å²) in [7, 11) is 0. The van der Waals surface area contributed by atoms with Crippen molar-refractivity contribution in [2.24, 2.45) is 0 Å². The van der Waals surface area contributed by atoms with Crippen LogP contribution in [0.4, 0.5) is 0 Å². The summed E-state index contributed by atoms with van der Waals surface area (Å²) in [6.07, 6.45) is 4.46. The molecular weight excluding hydrogens is 346 g/mol. The van der Waals surface area contributed by atoms with Gasteiger partial charge in [0.15, 0.2) is 0 Å². The van der Waals surface area contributed by atoms with Gasteiger partial charge in [-0.1, -0.05) is 0 Å². The summed E-state index contributed by atoms with van der Waals surface area (Å²) < 4.78 is 3.21. The molecule has 1 amide bonds. The summed E-state index contributed by atoms with van der Waals surface area (Å²) in [6.45, 7) is 6.52. The number of hydrogen-bond donors (Lipinski definition) is 1. The Kier molecular flexibility index (Phi) is 5.16. The molecule has 140 valence electrons. The van der Waals surface area contributed by atoms with Gasteiger partial charge >= 0.3 is 0 Å². The summed E-state index contributed by atoms with van der Waals surface area (Å²) in [5.74, 6) is -0.474. The van der Waals surface area contributed by atoms with Gasteiger partial charge in [0.05, 0.1) is 11.7 Å². The molecule has 3 aromatic heterocycles. The zero-order chi connectivity index (χ0) is 19.6. The normalized spacial score (nSPS) is 10.9. The average molecular weight is 367 g/mol. The minimum Gasteiger partial charge on any atom is -0.350 e. The van der Waals surface area contributed by atoms with Crippen LogP contribution in [-0.4, -0.2) is 31.6 Å². The zero-order valence-electron chi connectivity index (χ0n) is 15.5. The predicted octanol–water partition coefficient (Wildman–Crippen LogP) is 1.02. The number of nitrogens with one attached hydrogen (secondary N) is 1. The maximum atomic E-state index is 12.7. The van der Waals surface area contributed by atoms with Crippen LogP contribution in [0.5, 0.6) is 0 Å². The molecule has 0 unspecified atom stereocenters. The number of pyridine rings is 2. The minimum absolute atomic E-state index is 0.0599. The lowest BCUT2D eigenvalue weighted by Crippen LogP contribution is -2.34. The van der Waals surface area contributed by atoms with Gasteiger partial charge in [-0.15, -0.1) is 0 Å². The van der Waals surface area contributed by atoms with Crippen LogP contribution in [0.15, 0.2) is 40.4 Å². The molecule has 0 aromatic carbocycles. The monoisotopic (exact) mass is 367 g/mol. The van der Waals surface area contributed by atoms with Crippen LogP contribution in [0.2, 0.25) is 0 Å². The lowest BCUT2D eigenvalue weighted by molar-refractivity contribution is 0.0950. The van der Waals surface area contributed by atoms with Crippen molar-refractivity contribution in [2.45, 2.75) is 33.9 Å². The number of carbonyl (C=O) groups excluding carboxylic acids is 1. The topological polar surface area (TPSA) is 98.9 Å². The maximum Gasteiger partial charge on any atom is 0.256 e. The first-order valence-corrected chi connectivity index (χ1v) is 8.72. The number of hydrogen-bond acceptors (Lipinski definition) is 5. The van der Waals surface area contributed by atoms with Crippen LogP contribution in [0, 0.1) is 13.8 Å². The summed E-state index contributed by atoms with van der Waals surface area (Å²) in [6, 6.07) is 3.45. The average Bonchev–Trinajstić information content (AvgIpc) is 2.65. The molecular formula is C19H21N5O3. The molecule has 27 heavy (non-hydrogen) atoms. The van der Waals surface area contributed by atoms with E-state index in [1.165, 1.54) is 23.3 Å². The van der Waals surface area contributed by atoms with E-state index in [9.17, 15) is 14.4 Å². The molecule has 0 spiro atoms. The first kappa shape index (κ1) is 18.5. The Hall–Kier alpha value is -3.29. The van der Waals surface area contributed by atoms with Gasteiger partial charge in [0, 0.05) is 43.3 Å². The number of rotatable bonds is 5. The van der Waals surface area contributed by atoms with Crippen molar-refractivity contribution in [3.63, 3.8) is 0 Å². The van der Waals surface area contributed by atoms with Crippen molar-refractivity contribution in [2.75, 3.05) is 6.54 Å². The lowest BCUT2D eigenvalue weighted by atomic mass is 10.1. The maximum absolute atomic E-state index is 12.7. The van der Waals surface area contributed by atoms with Gasteiger partial charge in [0.1, 0.15) is 11.2 Å². The van der Waals surface area contributed by atoms with E-state index in [0.717, 1.165) is 5.69 Å². The molecule has 0 bridgehead atoms. The standard InChI is InChI=1S/C19H21N5O3/c1-4-23-10-15(16(25)14-6-5-13(3)22-17(14)23)18(26)21-7-8-24-11-20-9-12(2)19(24)27/h5-6,9-11H,4,7-8H2,1-3H3,(H,21,26). The molecule has 0 aliphatic heterocycles. The second-order valence-electron chi connectivity index (χ2n) is 6.31. The third-order valence-corrected chi connectivity index (χ3v) is 4.36. The van der Waals surface area contributed by atoms with E-state index in [2.05, 4.69) is 15.3 Å². The fourth-order valence-electron chi connectivity index (χ4n) is 2.87. The Morgan fingerprint density at radius 2 is 1.96 bits per heavy atom. The van der Waals surface area contributed by atoms with E-state index in [0.29, 0.717) is 23.1 Å². The summed E-state index contributed by atoms with van der Waals surface area (Å²) >= 11 is 0. The van der Waals surface area contributed by atoms with Crippen molar-refractivity contribution in [1.29, 1.82) is 0 Å². The van der Waals surface area contributed by atoms with Gasteiger partial charge in [0.25, 0.3) is 11.5 Å². The molecule has 0 saturated heterocycles. The Balaban J connectivity index is 1.84. The van der Waals surface area contributed by atoms with Crippen molar-refractivity contribution >= 4 is 16.9 Å². The number of amides is 1. The van der Waals surface area contributed by atoms with Gasteiger partial charge in [-0.05, 0) is 32.9 Å². The number of carbonyl (C=O) groups is 1. The molecule has 0 saturated carbocycles. The highest BCUT2D eigenvalue weighted by Gasteiger charge is 2.15. The Labute approximate surface area is 155 Å². The summed E-state index contributed by atoms with van der Waals surface area (Å²) in [5.41, 5.74) is 1.46. The molecule has 3 heterocycles. The highest BCUT2D eigenvalue weighted by atomic mass is 16.2. The molecule has 0 fully saturated rings. The number of aryl methyl sites for hydroxylation is 3. The second kappa shape index (κ2) is 7.53. The molecule has 0 aliphatic carbocycles. The van der Waals surface area contributed by atoms with Crippen molar-refractivity contribution in [3.05, 3.63) is 68.3 Å². The van der Waals surface area contributed by atoms with Crippen LogP contribution in [0.3, 0.4) is 0 Å². The molecule has 3 aromatic rings. The predicted molar refractivity (Wildman–Crippen MR) is 102 cm³/mol. The zero-order valence-corrected chi connectivity index (χ0v) is 15.5. The fraction of sp³-hybridized carbons (Fsp3) is 0.316. The van der Waals surface area contributed by atoms with Gasteiger partial charge in [-0.25, -0.2) is 9.97 Å². The largest absolute Gasteiger partial charge is 0.350 e. The van der Waals surface area contributed by atoms with Gasteiger partial charge in [-0.2, -0.15) is 0 Å². The highest BCUT2D eigenvalue weighted by Crippen LogP contribution is 2.11. The molecule has 8 nitrogen and oxygen atoms in total. The van der Waals surface area contributed by atoms with E-state index in [-0.39, 0.29) is 29.6 Å². The molecule has 0 radical (unpaired) electrons. The third-order valence-electron chi connectivity index (χ3n) is 4.36. The Morgan fingerprint density at radius 3 is 2.70 bits per heavy atom. The minimum atomic E-state index is -0.474. The summed E-state index contributed by atoms with van der Waals surface area (Å²) in [5, 5.41) is 3.11. The van der Waals surface area contributed by atoms with Crippen LogP contribution >= 0.6 is 0 Å². The SMILES string of the molecule is CCn1cc(C(=O)NCCn2cncc(C)c2=O)c(=O)c2ccc(C)nc21. The summed E-state index contributed by atoms with van der Waals surface area (Å²) in [4.78, 5) is 45.6. The smallest absolute Gasteiger partial charge is 0.256 e. The van der Waals surface area contributed by atoms with Crippen LogP contribution in [0.1, 0.15) is 28.5 Å². The Morgan fingerprint density at radius 1 is 1.19 bits per heavy atom. The molecule has 0 atom stereocenters. The third kappa shape index (κ3) is 3.64. The Bertz CT molecular complexity index is 1130. The first-order chi connectivity index (χ1) is 12.9. The van der Waals surface area contributed by atoms with E-state index < -0.39 is 5.91 Å². The molecule has 0 aliphatic rings.